The van der Waals surface area contributed by atoms with Crippen molar-refractivity contribution in [2.75, 3.05) is 6.54 Å². The predicted molar refractivity (Wildman–Crippen MR) is 149 cm³/mol. The van der Waals surface area contributed by atoms with Crippen molar-refractivity contribution in [1.29, 1.82) is 0 Å². The average molecular weight is 561 g/mol. The molecule has 1 heterocycles. The highest BCUT2D eigenvalue weighted by molar-refractivity contribution is 6.37. The molecule has 0 spiro atoms. The number of hydrogen-bond acceptors (Lipinski definition) is 6. The number of nitrogens with zero attached hydrogens (tertiary/aromatic N) is 1. The number of piperidine rings is 1. The first-order chi connectivity index (χ1) is 18.5. The van der Waals surface area contributed by atoms with Gasteiger partial charge >= 0.3 is 6.09 Å². The van der Waals surface area contributed by atoms with E-state index in [1.807, 2.05) is 6.92 Å². The molecule has 1 unspecified atom stereocenters. The van der Waals surface area contributed by atoms with Crippen LogP contribution in [0.4, 0.5) is 4.79 Å². The summed E-state index contributed by atoms with van der Waals surface area (Å²) >= 11 is 0. The highest BCUT2D eigenvalue weighted by Crippen LogP contribution is 2.65. The van der Waals surface area contributed by atoms with Crippen molar-refractivity contribution in [3.63, 3.8) is 0 Å². The number of primary amides is 1. The van der Waals surface area contributed by atoms with E-state index in [4.69, 9.17) is 10.5 Å². The molecule has 1 aliphatic heterocycles. The Balaban J connectivity index is 1.59. The third kappa shape index (κ3) is 6.15. The van der Waals surface area contributed by atoms with Crippen molar-refractivity contribution in [2.45, 2.75) is 123 Å². The number of carbonyl (C=O) groups is 5. The molecule has 4 aliphatic rings. The molecule has 3 saturated carbocycles. The molecule has 0 radical (unpaired) electrons. The second-order valence-corrected chi connectivity index (χ2v) is 14.5. The molecule has 4 fully saturated rings. The lowest BCUT2D eigenvalue weighted by Crippen LogP contribution is -2.62. The second-order valence-electron chi connectivity index (χ2n) is 14.5. The van der Waals surface area contributed by atoms with E-state index in [2.05, 4.69) is 24.5 Å². The third-order valence-corrected chi connectivity index (χ3v) is 10.0. The number of carbonyl (C=O) groups excluding carboxylic acids is 5. The number of alkyl carbamates (subject to hydrolysis) is 1. The quantitative estimate of drug-likeness (QED) is 0.369. The van der Waals surface area contributed by atoms with E-state index in [9.17, 15) is 24.0 Å². The van der Waals surface area contributed by atoms with Crippen molar-refractivity contribution >= 4 is 29.6 Å². The Morgan fingerprint density at radius 1 is 0.975 bits per heavy atom. The maximum absolute atomic E-state index is 14.3. The van der Waals surface area contributed by atoms with Gasteiger partial charge in [-0.2, -0.15) is 0 Å². The smallest absolute Gasteiger partial charge is 0.408 e. The van der Waals surface area contributed by atoms with Crippen molar-refractivity contribution in [2.24, 2.45) is 34.3 Å². The molecule has 40 heavy (non-hydrogen) atoms. The minimum Gasteiger partial charge on any atom is -0.444 e. The molecule has 10 nitrogen and oxygen atoms in total. The van der Waals surface area contributed by atoms with Crippen LogP contribution in [-0.4, -0.2) is 64.8 Å². The van der Waals surface area contributed by atoms with Crippen LogP contribution in [0.3, 0.4) is 0 Å². The minimum atomic E-state index is -1.07. The monoisotopic (exact) mass is 560 g/mol. The van der Waals surface area contributed by atoms with Crippen molar-refractivity contribution in [3.8, 4) is 0 Å². The maximum Gasteiger partial charge on any atom is 0.408 e. The number of likely N-dealkylation sites (tertiary alicyclic amines) is 1. The summed E-state index contributed by atoms with van der Waals surface area (Å²) in [6.07, 6.45) is 7.20. The predicted octanol–water partition coefficient (Wildman–Crippen LogP) is 3.06. The normalized spacial score (nSPS) is 28.4. The first-order valence-corrected chi connectivity index (χ1v) is 15.0. The highest BCUT2D eigenvalue weighted by atomic mass is 16.6. The van der Waals surface area contributed by atoms with Crippen LogP contribution in [0.5, 0.6) is 0 Å². The summed E-state index contributed by atoms with van der Waals surface area (Å²) < 4.78 is 5.53. The van der Waals surface area contributed by atoms with Crippen LogP contribution >= 0.6 is 0 Å². The summed E-state index contributed by atoms with van der Waals surface area (Å²) in [6.45, 7) is 11.9. The second kappa shape index (κ2) is 11.0. The molecular weight excluding hydrogens is 512 g/mol. The fraction of sp³-hybridized carbons (Fsp3) is 0.833. The largest absolute Gasteiger partial charge is 0.444 e. The SMILES string of the molecule is CC(C)(C)OC(=O)N[C@H](C(=O)N1C[C@H]2[C@@H]([C@H]1C(=O)NC(CC1CCC1)C(=O)C(N)=O)C2(C)C)C1(C)CCCCC1. The van der Waals surface area contributed by atoms with Gasteiger partial charge in [0.25, 0.3) is 5.91 Å². The van der Waals surface area contributed by atoms with Gasteiger partial charge < -0.3 is 26.0 Å². The summed E-state index contributed by atoms with van der Waals surface area (Å²) in [4.78, 5) is 67.2. The van der Waals surface area contributed by atoms with Gasteiger partial charge in [0, 0.05) is 6.54 Å². The summed E-state index contributed by atoms with van der Waals surface area (Å²) in [7, 11) is 0. The van der Waals surface area contributed by atoms with Crippen LogP contribution < -0.4 is 16.4 Å². The number of nitrogens with two attached hydrogens (primary N) is 1. The molecule has 4 amide bonds. The molecule has 5 atom stereocenters. The number of rotatable bonds is 9. The van der Waals surface area contributed by atoms with Crippen LogP contribution in [0.25, 0.3) is 0 Å². The van der Waals surface area contributed by atoms with Gasteiger partial charge in [0.1, 0.15) is 17.7 Å². The third-order valence-electron chi connectivity index (χ3n) is 10.0. The first-order valence-electron chi connectivity index (χ1n) is 15.0. The summed E-state index contributed by atoms with van der Waals surface area (Å²) in [5.41, 5.74) is 3.98. The Morgan fingerprint density at radius 2 is 1.60 bits per heavy atom. The minimum absolute atomic E-state index is 0.0779. The molecule has 0 aromatic carbocycles. The molecule has 224 valence electrons. The molecule has 4 rings (SSSR count). The van der Waals surface area contributed by atoms with Gasteiger partial charge in [-0.25, -0.2) is 4.79 Å². The lowest BCUT2D eigenvalue weighted by molar-refractivity contribution is -0.146. The average Bonchev–Trinajstić information content (AvgIpc) is 3.14. The summed E-state index contributed by atoms with van der Waals surface area (Å²) in [6, 6.07) is -2.65. The Hall–Kier alpha value is -2.65. The Morgan fingerprint density at radius 3 is 2.12 bits per heavy atom. The number of ether oxygens (including phenoxy) is 1. The number of amides is 4. The Labute approximate surface area is 237 Å². The van der Waals surface area contributed by atoms with Crippen molar-refractivity contribution in [1.82, 2.24) is 15.5 Å². The maximum atomic E-state index is 14.3. The standard InChI is InChI=1S/C30H48N4O6/c1-28(2,3)40-27(39)33-23(30(6)13-8-7-9-14-30)26(38)34-16-18-20(29(18,4)5)21(34)25(37)32-19(22(35)24(31)36)15-17-11-10-12-17/h17-21,23H,7-16H2,1-6H3,(H2,31,36)(H,32,37)(H,33,39)/t18-,19?,20-,21-,23+/m0/s1. The molecule has 1 saturated heterocycles. The number of nitrogens with one attached hydrogen (secondary N) is 2. The van der Waals surface area contributed by atoms with Gasteiger partial charge in [0.2, 0.25) is 17.6 Å². The highest BCUT2D eigenvalue weighted by Gasteiger charge is 2.70. The van der Waals surface area contributed by atoms with E-state index in [1.54, 1.807) is 25.7 Å². The summed E-state index contributed by atoms with van der Waals surface area (Å²) in [5.74, 6) is -2.29. The van der Waals surface area contributed by atoms with Crippen molar-refractivity contribution in [3.05, 3.63) is 0 Å². The molecular formula is C30H48N4O6. The number of Topliss-reactive ketones (excluding diaryl/α,β-unsaturated/α-hetero) is 1. The van der Waals surface area contributed by atoms with Crippen molar-refractivity contribution < 1.29 is 28.7 Å². The van der Waals surface area contributed by atoms with E-state index < -0.39 is 52.8 Å². The fourth-order valence-electron chi connectivity index (χ4n) is 7.31. The van der Waals surface area contributed by atoms with Crippen LogP contribution in [0.15, 0.2) is 0 Å². The fourth-order valence-corrected chi connectivity index (χ4v) is 7.31. The van der Waals surface area contributed by atoms with Gasteiger partial charge in [-0.15, -0.1) is 0 Å². The van der Waals surface area contributed by atoms with E-state index in [1.165, 1.54) is 0 Å². The van der Waals surface area contributed by atoms with E-state index >= 15 is 0 Å². The number of ketones is 1. The van der Waals surface area contributed by atoms with Gasteiger partial charge in [0.05, 0.1) is 6.04 Å². The Bertz CT molecular complexity index is 1040. The van der Waals surface area contributed by atoms with E-state index in [0.717, 1.165) is 51.4 Å². The van der Waals surface area contributed by atoms with E-state index in [-0.39, 0.29) is 29.1 Å². The number of fused-ring (bicyclic) bond motifs is 1. The topological polar surface area (TPSA) is 148 Å². The lowest BCUT2D eigenvalue weighted by atomic mass is 9.70. The molecule has 0 bridgehead atoms. The molecule has 10 heteroatoms. The van der Waals surface area contributed by atoms with Crippen LogP contribution in [0, 0.1) is 28.6 Å². The summed E-state index contributed by atoms with van der Waals surface area (Å²) in [5, 5.41) is 5.71. The van der Waals surface area contributed by atoms with Gasteiger partial charge in [-0.1, -0.05) is 59.3 Å². The van der Waals surface area contributed by atoms with Crippen LogP contribution in [0.1, 0.15) is 99.3 Å². The molecule has 0 aromatic rings. The van der Waals surface area contributed by atoms with Gasteiger partial charge in [-0.3, -0.25) is 19.2 Å². The first kappa shape index (κ1) is 30.3. The van der Waals surface area contributed by atoms with Gasteiger partial charge in [-0.05, 0) is 68.6 Å². The lowest BCUT2D eigenvalue weighted by Gasteiger charge is -2.43. The van der Waals surface area contributed by atoms with Gasteiger partial charge in [0.15, 0.2) is 0 Å². The zero-order chi connectivity index (χ0) is 29.6. The molecule has 0 aromatic heterocycles. The number of hydrogen-bond donors (Lipinski definition) is 3. The van der Waals surface area contributed by atoms with E-state index in [0.29, 0.717) is 13.0 Å². The van der Waals surface area contributed by atoms with Crippen LogP contribution in [-0.2, 0) is 23.9 Å². The zero-order valence-corrected chi connectivity index (χ0v) is 25.0. The Kier molecular flexibility index (Phi) is 8.31. The van der Waals surface area contributed by atoms with Crippen LogP contribution in [0.2, 0.25) is 0 Å². The molecule has 4 N–H and O–H groups in total. The molecule has 3 aliphatic carbocycles. The zero-order valence-electron chi connectivity index (χ0n) is 25.0.